The van der Waals surface area contributed by atoms with Crippen molar-refractivity contribution in [1.82, 2.24) is 4.90 Å². The first-order chi connectivity index (χ1) is 6.09. The summed E-state index contributed by atoms with van der Waals surface area (Å²) >= 11 is 0. The molecule has 2 aliphatic rings. The fraction of sp³-hybridized carbons (Fsp3) is 0.900. The van der Waals surface area contributed by atoms with E-state index in [0.717, 1.165) is 13.0 Å². The standard InChI is InChI=1S/C10H17NO2/c1-10(3-4-10)6-9(13)11-5-2-8(12)7-11/h8,12H,2-7H2,1H3. The topological polar surface area (TPSA) is 40.5 Å². The molecule has 2 fully saturated rings. The molecule has 0 bridgehead atoms. The number of aliphatic hydroxyl groups excluding tert-OH is 1. The van der Waals surface area contributed by atoms with Crippen molar-refractivity contribution < 1.29 is 9.90 Å². The van der Waals surface area contributed by atoms with Crippen LogP contribution in [0.1, 0.15) is 32.6 Å². The molecular formula is C10H17NO2. The molecule has 74 valence electrons. The molecule has 1 amide bonds. The molecule has 0 aromatic rings. The van der Waals surface area contributed by atoms with Crippen molar-refractivity contribution in [3.8, 4) is 0 Å². The maximum Gasteiger partial charge on any atom is 0.223 e. The molecule has 0 radical (unpaired) electrons. The highest BCUT2D eigenvalue weighted by Crippen LogP contribution is 2.48. The summed E-state index contributed by atoms with van der Waals surface area (Å²) < 4.78 is 0. The van der Waals surface area contributed by atoms with Crippen LogP contribution in [0.15, 0.2) is 0 Å². The van der Waals surface area contributed by atoms with Crippen LogP contribution in [0.25, 0.3) is 0 Å². The number of carbonyl (C=O) groups excluding carboxylic acids is 1. The summed E-state index contributed by atoms with van der Waals surface area (Å²) in [6.45, 7) is 3.46. The van der Waals surface area contributed by atoms with Gasteiger partial charge in [-0.2, -0.15) is 0 Å². The van der Waals surface area contributed by atoms with E-state index in [1.165, 1.54) is 12.8 Å². The van der Waals surface area contributed by atoms with Gasteiger partial charge in [0, 0.05) is 19.5 Å². The predicted octanol–water partition coefficient (Wildman–Crippen LogP) is 0.770. The Morgan fingerprint density at radius 1 is 1.62 bits per heavy atom. The summed E-state index contributed by atoms with van der Waals surface area (Å²) in [6.07, 6.45) is 3.53. The second-order valence-corrected chi connectivity index (χ2v) is 4.77. The van der Waals surface area contributed by atoms with E-state index in [4.69, 9.17) is 0 Å². The molecule has 1 heterocycles. The minimum absolute atomic E-state index is 0.233. The van der Waals surface area contributed by atoms with Crippen molar-refractivity contribution in [2.24, 2.45) is 5.41 Å². The lowest BCUT2D eigenvalue weighted by atomic mass is 10.1. The molecule has 3 nitrogen and oxygen atoms in total. The van der Waals surface area contributed by atoms with Crippen LogP contribution >= 0.6 is 0 Å². The van der Waals surface area contributed by atoms with Gasteiger partial charge in [0.25, 0.3) is 0 Å². The highest BCUT2D eigenvalue weighted by atomic mass is 16.3. The number of amides is 1. The Kier molecular flexibility index (Phi) is 2.06. The van der Waals surface area contributed by atoms with E-state index in [2.05, 4.69) is 6.92 Å². The van der Waals surface area contributed by atoms with Crippen LogP contribution in [-0.4, -0.2) is 35.1 Å². The molecule has 3 heteroatoms. The van der Waals surface area contributed by atoms with E-state index in [9.17, 15) is 9.90 Å². The van der Waals surface area contributed by atoms with Gasteiger partial charge < -0.3 is 10.0 Å². The third-order valence-electron chi connectivity index (χ3n) is 3.20. The van der Waals surface area contributed by atoms with Gasteiger partial charge in [0.1, 0.15) is 0 Å². The second-order valence-electron chi connectivity index (χ2n) is 4.77. The van der Waals surface area contributed by atoms with E-state index in [0.29, 0.717) is 18.4 Å². The summed E-state index contributed by atoms with van der Waals surface area (Å²) in [5.41, 5.74) is 0.296. The van der Waals surface area contributed by atoms with Crippen molar-refractivity contribution >= 4 is 5.91 Å². The van der Waals surface area contributed by atoms with Crippen molar-refractivity contribution in [3.05, 3.63) is 0 Å². The van der Waals surface area contributed by atoms with Gasteiger partial charge in [0.2, 0.25) is 5.91 Å². The van der Waals surface area contributed by atoms with Crippen LogP contribution in [0, 0.1) is 5.41 Å². The first kappa shape index (κ1) is 9.00. The molecule has 1 unspecified atom stereocenters. The predicted molar refractivity (Wildman–Crippen MR) is 49.2 cm³/mol. The van der Waals surface area contributed by atoms with Gasteiger partial charge in [-0.25, -0.2) is 0 Å². The highest BCUT2D eigenvalue weighted by molar-refractivity contribution is 5.77. The molecule has 1 atom stereocenters. The van der Waals surface area contributed by atoms with Crippen molar-refractivity contribution in [2.75, 3.05) is 13.1 Å². The van der Waals surface area contributed by atoms with Crippen LogP contribution in [0.4, 0.5) is 0 Å². The summed E-state index contributed by atoms with van der Waals surface area (Å²) in [5.74, 6) is 0.233. The lowest BCUT2D eigenvalue weighted by Crippen LogP contribution is -2.30. The summed E-state index contributed by atoms with van der Waals surface area (Å²) in [7, 11) is 0. The fourth-order valence-corrected chi connectivity index (χ4v) is 1.84. The number of rotatable bonds is 2. The Hall–Kier alpha value is -0.570. The van der Waals surface area contributed by atoms with E-state index in [-0.39, 0.29) is 12.0 Å². The Balaban J connectivity index is 1.83. The number of hydrogen-bond acceptors (Lipinski definition) is 2. The van der Waals surface area contributed by atoms with Crippen molar-refractivity contribution in [1.29, 1.82) is 0 Å². The minimum Gasteiger partial charge on any atom is -0.391 e. The minimum atomic E-state index is -0.282. The smallest absolute Gasteiger partial charge is 0.223 e. The van der Waals surface area contributed by atoms with Crippen LogP contribution in [0.3, 0.4) is 0 Å². The zero-order valence-corrected chi connectivity index (χ0v) is 8.12. The first-order valence-electron chi connectivity index (χ1n) is 5.05. The molecule has 0 aromatic heterocycles. The molecule has 1 saturated heterocycles. The molecule has 2 rings (SSSR count). The Labute approximate surface area is 78.7 Å². The monoisotopic (exact) mass is 183 g/mol. The quantitative estimate of drug-likeness (QED) is 0.687. The van der Waals surface area contributed by atoms with E-state index in [1.807, 2.05) is 0 Å². The van der Waals surface area contributed by atoms with Gasteiger partial charge in [-0.1, -0.05) is 6.92 Å². The fourth-order valence-electron chi connectivity index (χ4n) is 1.84. The number of β-amino-alcohol motifs (C(OH)–C–C–N with tert-alkyl or cyclic N) is 1. The molecular weight excluding hydrogens is 166 g/mol. The third-order valence-corrected chi connectivity index (χ3v) is 3.20. The van der Waals surface area contributed by atoms with Gasteiger partial charge in [-0.05, 0) is 24.7 Å². The lowest BCUT2D eigenvalue weighted by Gasteiger charge is -2.17. The zero-order valence-electron chi connectivity index (χ0n) is 8.12. The molecule has 0 aromatic carbocycles. The largest absolute Gasteiger partial charge is 0.391 e. The van der Waals surface area contributed by atoms with Crippen molar-refractivity contribution in [2.45, 2.75) is 38.7 Å². The first-order valence-corrected chi connectivity index (χ1v) is 5.05. The Bertz CT molecular complexity index is 223. The molecule has 1 N–H and O–H groups in total. The van der Waals surface area contributed by atoms with Crippen LogP contribution in [0.5, 0.6) is 0 Å². The number of carbonyl (C=O) groups is 1. The average molecular weight is 183 g/mol. The molecule has 1 aliphatic heterocycles. The zero-order chi connectivity index (χ0) is 9.47. The van der Waals surface area contributed by atoms with Gasteiger partial charge in [-0.15, -0.1) is 0 Å². The number of aliphatic hydroxyl groups is 1. The molecule has 1 aliphatic carbocycles. The molecule has 1 saturated carbocycles. The maximum atomic E-state index is 11.7. The van der Waals surface area contributed by atoms with E-state index in [1.54, 1.807) is 4.90 Å². The van der Waals surface area contributed by atoms with E-state index >= 15 is 0 Å². The summed E-state index contributed by atoms with van der Waals surface area (Å²) in [6, 6.07) is 0. The van der Waals surface area contributed by atoms with Crippen LogP contribution in [0.2, 0.25) is 0 Å². The highest BCUT2D eigenvalue weighted by Gasteiger charge is 2.40. The van der Waals surface area contributed by atoms with Gasteiger partial charge >= 0.3 is 0 Å². The Morgan fingerprint density at radius 2 is 2.31 bits per heavy atom. The van der Waals surface area contributed by atoms with Crippen LogP contribution in [-0.2, 0) is 4.79 Å². The molecule has 0 spiro atoms. The SMILES string of the molecule is CC1(CC(=O)N2CCC(O)C2)CC1. The maximum absolute atomic E-state index is 11.7. The van der Waals surface area contributed by atoms with Gasteiger partial charge in [0.05, 0.1) is 6.10 Å². The number of nitrogens with zero attached hydrogens (tertiary/aromatic N) is 1. The van der Waals surface area contributed by atoms with Crippen LogP contribution < -0.4 is 0 Å². The van der Waals surface area contributed by atoms with E-state index < -0.39 is 0 Å². The summed E-state index contributed by atoms with van der Waals surface area (Å²) in [5, 5.41) is 9.27. The number of likely N-dealkylation sites (tertiary alicyclic amines) is 1. The normalized spacial score (nSPS) is 30.6. The summed E-state index contributed by atoms with van der Waals surface area (Å²) in [4.78, 5) is 13.5. The Morgan fingerprint density at radius 3 is 2.77 bits per heavy atom. The second kappa shape index (κ2) is 2.98. The number of hydrogen-bond donors (Lipinski definition) is 1. The average Bonchev–Trinajstić information content (AvgIpc) is 2.62. The third kappa shape index (κ3) is 2.02. The van der Waals surface area contributed by atoms with Crippen molar-refractivity contribution in [3.63, 3.8) is 0 Å². The molecule has 13 heavy (non-hydrogen) atoms. The van der Waals surface area contributed by atoms with Gasteiger partial charge in [0.15, 0.2) is 0 Å². The van der Waals surface area contributed by atoms with Gasteiger partial charge in [-0.3, -0.25) is 4.79 Å². The lowest BCUT2D eigenvalue weighted by molar-refractivity contribution is -0.131.